The Morgan fingerprint density at radius 2 is 1.91 bits per heavy atom. The highest BCUT2D eigenvalue weighted by Crippen LogP contribution is 2.27. The fourth-order valence-corrected chi connectivity index (χ4v) is 2.49. The quantitative estimate of drug-likeness (QED) is 0.670. The zero-order valence-corrected chi connectivity index (χ0v) is 14.6. The van der Waals surface area contributed by atoms with E-state index in [1.807, 2.05) is 32.0 Å². The lowest BCUT2D eigenvalue weighted by Crippen LogP contribution is -2.33. The number of carbonyl (C=O) groups is 1. The zero-order chi connectivity index (χ0) is 17.2. The summed E-state index contributed by atoms with van der Waals surface area (Å²) in [7, 11) is 1.36. The molecule has 0 spiro atoms. The van der Waals surface area contributed by atoms with Gasteiger partial charge in [0.2, 0.25) is 0 Å². The van der Waals surface area contributed by atoms with Gasteiger partial charge in [0.15, 0.2) is 0 Å². The second kappa shape index (κ2) is 10.1. The van der Waals surface area contributed by atoms with Crippen LogP contribution in [0.2, 0.25) is 0 Å². The van der Waals surface area contributed by atoms with E-state index in [-0.39, 0.29) is 5.97 Å². The van der Waals surface area contributed by atoms with Gasteiger partial charge in [-0.25, -0.2) is 0 Å². The van der Waals surface area contributed by atoms with Gasteiger partial charge in [0.05, 0.1) is 20.3 Å². The van der Waals surface area contributed by atoms with Gasteiger partial charge in [-0.2, -0.15) is 0 Å². The van der Waals surface area contributed by atoms with Crippen molar-refractivity contribution in [3.63, 3.8) is 0 Å². The first-order valence-electron chi connectivity index (χ1n) is 8.23. The summed E-state index contributed by atoms with van der Waals surface area (Å²) in [6.07, 6.45) is 2.42. The number of rotatable bonds is 10. The molecule has 0 aliphatic carbocycles. The Morgan fingerprint density at radius 3 is 2.52 bits per heavy atom. The molecule has 0 aromatic heterocycles. The molecule has 0 saturated carbocycles. The second-order valence-electron chi connectivity index (χ2n) is 5.64. The SMILES string of the molecule is CCOc1ccc(CCC(C)CC(N)C(=O)OC)c(OCC)c1. The Hall–Kier alpha value is -1.75. The van der Waals surface area contributed by atoms with Crippen LogP contribution in [0.15, 0.2) is 18.2 Å². The molecule has 0 amide bonds. The molecule has 0 aliphatic rings. The number of methoxy groups -OCH3 is 1. The monoisotopic (exact) mass is 323 g/mol. The maximum absolute atomic E-state index is 11.4. The third-order valence-corrected chi connectivity index (χ3v) is 3.72. The van der Waals surface area contributed by atoms with E-state index in [1.165, 1.54) is 7.11 Å². The van der Waals surface area contributed by atoms with Crippen LogP contribution in [0.3, 0.4) is 0 Å². The van der Waals surface area contributed by atoms with Crippen LogP contribution in [0.5, 0.6) is 11.5 Å². The highest BCUT2D eigenvalue weighted by molar-refractivity contribution is 5.75. The van der Waals surface area contributed by atoms with Crippen LogP contribution in [0.25, 0.3) is 0 Å². The van der Waals surface area contributed by atoms with Gasteiger partial charge in [-0.1, -0.05) is 13.0 Å². The van der Waals surface area contributed by atoms with Crippen LogP contribution >= 0.6 is 0 Å². The lowest BCUT2D eigenvalue weighted by atomic mass is 9.94. The predicted octanol–water partition coefficient (Wildman–Crippen LogP) is 2.94. The number of hydrogen-bond acceptors (Lipinski definition) is 5. The van der Waals surface area contributed by atoms with E-state index in [0.717, 1.165) is 29.9 Å². The van der Waals surface area contributed by atoms with Gasteiger partial charge >= 0.3 is 5.97 Å². The van der Waals surface area contributed by atoms with Crippen LogP contribution in [0.4, 0.5) is 0 Å². The first-order valence-corrected chi connectivity index (χ1v) is 8.23. The number of hydrogen-bond donors (Lipinski definition) is 1. The Balaban J connectivity index is 2.63. The van der Waals surface area contributed by atoms with Crippen molar-refractivity contribution >= 4 is 5.97 Å². The Bertz CT molecular complexity index is 490. The maximum atomic E-state index is 11.4. The van der Waals surface area contributed by atoms with Crippen molar-refractivity contribution in [2.45, 2.75) is 46.1 Å². The van der Waals surface area contributed by atoms with E-state index >= 15 is 0 Å². The van der Waals surface area contributed by atoms with Crippen LogP contribution < -0.4 is 15.2 Å². The molecule has 2 N–H and O–H groups in total. The summed E-state index contributed by atoms with van der Waals surface area (Å²) in [5, 5.41) is 0. The molecular weight excluding hydrogens is 294 g/mol. The molecular formula is C18H29NO4. The Morgan fingerprint density at radius 1 is 1.22 bits per heavy atom. The molecule has 2 unspecified atom stereocenters. The molecule has 0 fully saturated rings. The molecule has 1 aromatic rings. The summed E-state index contributed by atoms with van der Waals surface area (Å²) in [6.45, 7) is 7.27. The largest absolute Gasteiger partial charge is 0.494 e. The third kappa shape index (κ3) is 6.48. The molecule has 1 rings (SSSR count). The molecule has 0 saturated heterocycles. The molecule has 1 aromatic carbocycles. The summed E-state index contributed by atoms with van der Waals surface area (Å²) in [4.78, 5) is 11.4. The van der Waals surface area contributed by atoms with Crippen molar-refractivity contribution in [1.29, 1.82) is 0 Å². The summed E-state index contributed by atoms with van der Waals surface area (Å²) in [5.74, 6) is 1.65. The van der Waals surface area contributed by atoms with E-state index < -0.39 is 6.04 Å². The summed E-state index contributed by atoms with van der Waals surface area (Å²) >= 11 is 0. The van der Waals surface area contributed by atoms with Gasteiger partial charge in [0.25, 0.3) is 0 Å². The molecule has 0 aliphatic heterocycles. The number of ether oxygens (including phenoxy) is 3. The van der Waals surface area contributed by atoms with Crippen LogP contribution in [-0.2, 0) is 16.0 Å². The fraction of sp³-hybridized carbons (Fsp3) is 0.611. The molecule has 2 atom stereocenters. The minimum Gasteiger partial charge on any atom is -0.494 e. The van der Waals surface area contributed by atoms with E-state index in [2.05, 4.69) is 11.7 Å². The average Bonchev–Trinajstić information content (AvgIpc) is 2.53. The first kappa shape index (κ1) is 19.3. The van der Waals surface area contributed by atoms with Crippen LogP contribution in [0, 0.1) is 5.92 Å². The number of benzene rings is 1. The van der Waals surface area contributed by atoms with Crippen LogP contribution in [0.1, 0.15) is 39.2 Å². The molecule has 0 radical (unpaired) electrons. The van der Waals surface area contributed by atoms with E-state index in [1.54, 1.807) is 0 Å². The lowest BCUT2D eigenvalue weighted by molar-refractivity contribution is -0.142. The van der Waals surface area contributed by atoms with Gasteiger partial charge in [-0.15, -0.1) is 0 Å². The first-order chi connectivity index (χ1) is 11.0. The highest BCUT2D eigenvalue weighted by Gasteiger charge is 2.17. The lowest BCUT2D eigenvalue weighted by Gasteiger charge is -2.17. The Kier molecular flexibility index (Phi) is 8.48. The molecule has 23 heavy (non-hydrogen) atoms. The van der Waals surface area contributed by atoms with Crippen molar-refractivity contribution in [3.05, 3.63) is 23.8 Å². The molecule has 0 bridgehead atoms. The summed E-state index contributed by atoms with van der Waals surface area (Å²) in [6, 6.07) is 5.39. The topological polar surface area (TPSA) is 70.8 Å². The van der Waals surface area contributed by atoms with E-state index in [9.17, 15) is 4.79 Å². The van der Waals surface area contributed by atoms with Gasteiger partial charge in [-0.05, 0) is 50.7 Å². The average molecular weight is 323 g/mol. The summed E-state index contributed by atoms with van der Waals surface area (Å²) in [5.41, 5.74) is 6.96. The normalized spacial score (nSPS) is 13.3. The fourth-order valence-electron chi connectivity index (χ4n) is 2.49. The van der Waals surface area contributed by atoms with Gasteiger partial charge in [-0.3, -0.25) is 4.79 Å². The summed E-state index contributed by atoms with van der Waals surface area (Å²) < 4.78 is 15.9. The zero-order valence-electron chi connectivity index (χ0n) is 14.6. The Labute approximate surface area is 139 Å². The van der Waals surface area contributed by atoms with Crippen molar-refractivity contribution in [2.24, 2.45) is 11.7 Å². The number of aryl methyl sites for hydroxylation is 1. The number of nitrogens with two attached hydrogens (primary N) is 1. The smallest absolute Gasteiger partial charge is 0.322 e. The number of esters is 1. The minimum absolute atomic E-state index is 0.324. The highest BCUT2D eigenvalue weighted by atomic mass is 16.5. The standard InChI is InChI=1S/C18H29NO4/c1-5-22-15-10-9-14(17(12-15)23-6-2)8-7-13(3)11-16(19)18(20)21-4/h9-10,12-13,16H,5-8,11,19H2,1-4H3. The van der Waals surface area contributed by atoms with Crippen molar-refractivity contribution < 1.29 is 19.0 Å². The van der Waals surface area contributed by atoms with E-state index in [4.69, 9.17) is 15.2 Å². The molecule has 130 valence electrons. The van der Waals surface area contributed by atoms with Gasteiger partial charge < -0.3 is 19.9 Å². The van der Waals surface area contributed by atoms with Crippen molar-refractivity contribution in [3.8, 4) is 11.5 Å². The van der Waals surface area contributed by atoms with Gasteiger partial charge in [0.1, 0.15) is 17.5 Å². The van der Waals surface area contributed by atoms with Crippen molar-refractivity contribution in [2.75, 3.05) is 20.3 Å². The molecule has 5 nitrogen and oxygen atoms in total. The van der Waals surface area contributed by atoms with Crippen molar-refractivity contribution in [1.82, 2.24) is 0 Å². The molecule has 0 heterocycles. The third-order valence-electron chi connectivity index (χ3n) is 3.72. The minimum atomic E-state index is -0.554. The van der Waals surface area contributed by atoms with Crippen LogP contribution in [-0.4, -0.2) is 32.3 Å². The van der Waals surface area contributed by atoms with E-state index in [0.29, 0.717) is 25.6 Å². The number of carbonyl (C=O) groups excluding carboxylic acids is 1. The predicted molar refractivity (Wildman–Crippen MR) is 90.9 cm³/mol. The van der Waals surface area contributed by atoms with Gasteiger partial charge in [0, 0.05) is 6.07 Å². The second-order valence-corrected chi connectivity index (χ2v) is 5.64. The molecule has 5 heteroatoms. The maximum Gasteiger partial charge on any atom is 0.322 e.